The first-order valence-electron chi connectivity index (χ1n) is 12.8. The van der Waals surface area contributed by atoms with Gasteiger partial charge in [0.15, 0.2) is 5.13 Å². The van der Waals surface area contributed by atoms with Crippen molar-refractivity contribution in [2.45, 2.75) is 66.9 Å². The van der Waals surface area contributed by atoms with Gasteiger partial charge in [0.05, 0.1) is 27.8 Å². The maximum absolute atomic E-state index is 13.7. The van der Waals surface area contributed by atoms with Crippen LogP contribution in [0.3, 0.4) is 0 Å². The molecule has 0 bridgehead atoms. The van der Waals surface area contributed by atoms with Crippen LogP contribution in [0.5, 0.6) is 0 Å². The molecule has 1 saturated heterocycles. The molecule has 37 heavy (non-hydrogen) atoms. The molecule has 2 fully saturated rings. The predicted molar refractivity (Wildman–Crippen MR) is 150 cm³/mol. The third-order valence-corrected chi connectivity index (χ3v) is 11.0. The molecular weight excluding hydrogens is 527 g/mol. The number of sulfonamides is 1. The van der Waals surface area contributed by atoms with Gasteiger partial charge >= 0.3 is 0 Å². The largest absolute Gasteiger partial charge is 0.376 e. The van der Waals surface area contributed by atoms with E-state index in [1.807, 2.05) is 18.4 Å². The lowest BCUT2D eigenvalue weighted by atomic mass is 9.96. The van der Waals surface area contributed by atoms with Crippen molar-refractivity contribution in [3.05, 3.63) is 48.0 Å². The van der Waals surface area contributed by atoms with Crippen LogP contribution in [0.2, 0.25) is 0 Å². The van der Waals surface area contributed by atoms with Gasteiger partial charge in [0.25, 0.3) is 5.91 Å². The topological polar surface area (TPSA) is 79.8 Å². The molecule has 1 amide bonds. The molecule has 1 saturated carbocycles. The Bertz CT molecular complexity index is 1340. The third kappa shape index (κ3) is 5.73. The monoisotopic (exact) mass is 559 g/mol. The second-order valence-electron chi connectivity index (χ2n) is 9.72. The minimum Gasteiger partial charge on any atom is -0.376 e. The van der Waals surface area contributed by atoms with Crippen LogP contribution in [0, 0.1) is 0 Å². The Hall–Kier alpha value is -1.98. The molecule has 1 aliphatic carbocycles. The summed E-state index contributed by atoms with van der Waals surface area (Å²) in [7, 11) is -1.95. The highest BCUT2D eigenvalue weighted by molar-refractivity contribution is 7.98. The molecule has 5 rings (SSSR count). The number of ether oxygens (including phenoxy) is 1. The summed E-state index contributed by atoms with van der Waals surface area (Å²) in [5.74, 6) is -0.204. The summed E-state index contributed by atoms with van der Waals surface area (Å²) in [6.07, 6.45) is 8.94. The number of hydrogen-bond donors (Lipinski definition) is 0. The highest BCUT2D eigenvalue weighted by Crippen LogP contribution is 2.33. The number of thiazole rings is 1. The summed E-state index contributed by atoms with van der Waals surface area (Å²) in [4.78, 5) is 21.6. The molecule has 0 radical (unpaired) electrons. The van der Waals surface area contributed by atoms with E-state index in [1.54, 1.807) is 48.0 Å². The Balaban J connectivity index is 1.41. The van der Waals surface area contributed by atoms with Gasteiger partial charge in [0.1, 0.15) is 0 Å². The maximum Gasteiger partial charge on any atom is 0.260 e. The summed E-state index contributed by atoms with van der Waals surface area (Å²) >= 11 is 3.16. The highest BCUT2D eigenvalue weighted by Gasteiger charge is 2.30. The number of nitrogens with zero attached hydrogens (tertiary/aromatic N) is 3. The SMILES string of the molecule is CSc1ccc2nc(N(CC3CCCO3)C(=O)c3ccc(S(=O)(=O)N(C)C4CCCCC4)cc3)sc2c1. The first-order valence-corrected chi connectivity index (χ1v) is 16.3. The van der Waals surface area contributed by atoms with E-state index < -0.39 is 10.0 Å². The number of hydrogen-bond acceptors (Lipinski definition) is 7. The van der Waals surface area contributed by atoms with E-state index in [2.05, 4.69) is 6.07 Å². The van der Waals surface area contributed by atoms with Crippen LogP contribution < -0.4 is 4.90 Å². The number of amides is 1. The smallest absolute Gasteiger partial charge is 0.260 e. The van der Waals surface area contributed by atoms with Crippen molar-refractivity contribution in [2.24, 2.45) is 0 Å². The molecule has 1 unspecified atom stereocenters. The van der Waals surface area contributed by atoms with Crippen molar-refractivity contribution in [1.29, 1.82) is 0 Å². The lowest BCUT2D eigenvalue weighted by molar-refractivity contribution is 0.0917. The van der Waals surface area contributed by atoms with Crippen LogP contribution in [0.15, 0.2) is 52.3 Å². The molecule has 0 spiro atoms. The van der Waals surface area contributed by atoms with Crippen LogP contribution in [0.25, 0.3) is 10.2 Å². The van der Waals surface area contributed by atoms with E-state index in [0.717, 1.165) is 60.1 Å². The Labute approximate surface area is 227 Å². The summed E-state index contributed by atoms with van der Waals surface area (Å²) in [5.41, 5.74) is 1.29. The molecule has 7 nitrogen and oxygen atoms in total. The van der Waals surface area contributed by atoms with Gasteiger partial charge in [-0.1, -0.05) is 30.6 Å². The quantitative estimate of drug-likeness (QED) is 0.325. The predicted octanol–water partition coefficient (Wildman–Crippen LogP) is 5.80. The fraction of sp³-hybridized carbons (Fsp3) is 0.481. The Kier molecular flexibility index (Phi) is 8.21. The van der Waals surface area contributed by atoms with Gasteiger partial charge in [-0.15, -0.1) is 11.8 Å². The number of anilines is 1. The van der Waals surface area contributed by atoms with Crippen molar-refractivity contribution in [3.63, 3.8) is 0 Å². The molecule has 2 aliphatic rings. The maximum atomic E-state index is 13.7. The number of carbonyl (C=O) groups excluding carboxylic acids is 1. The number of fused-ring (bicyclic) bond motifs is 1. The molecule has 2 aromatic carbocycles. The molecule has 10 heteroatoms. The second kappa shape index (κ2) is 11.4. The lowest BCUT2D eigenvalue weighted by Gasteiger charge is -2.30. The Morgan fingerprint density at radius 1 is 1.08 bits per heavy atom. The number of thioether (sulfide) groups is 1. The van der Waals surface area contributed by atoms with Crippen LogP contribution >= 0.6 is 23.1 Å². The molecule has 2 heterocycles. The minimum absolute atomic E-state index is 0.0348. The summed E-state index contributed by atoms with van der Waals surface area (Å²) in [6.45, 7) is 1.11. The van der Waals surface area contributed by atoms with Gasteiger partial charge in [-0.05, 0) is 74.4 Å². The molecular formula is C27H33N3O4S3. The van der Waals surface area contributed by atoms with Crippen LogP contribution in [-0.2, 0) is 14.8 Å². The van der Waals surface area contributed by atoms with Crippen molar-refractivity contribution in [2.75, 3.05) is 31.4 Å². The number of aromatic nitrogens is 1. The zero-order chi connectivity index (χ0) is 26.0. The van der Waals surface area contributed by atoms with Crippen LogP contribution in [-0.4, -0.2) is 62.2 Å². The van der Waals surface area contributed by atoms with Gasteiger partial charge in [0.2, 0.25) is 10.0 Å². The number of rotatable bonds is 8. The summed E-state index contributed by atoms with van der Waals surface area (Å²) in [6, 6.07) is 12.5. The van der Waals surface area contributed by atoms with E-state index in [4.69, 9.17) is 9.72 Å². The fourth-order valence-electron chi connectivity index (χ4n) is 5.11. The van der Waals surface area contributed by atoms with E-state index in [1.165, 1.54) is 15.6 Å². The number of carbonyl (C=O) groups is 1. The van der Waals surface area contributed by atoms with E-state index in [9.17, 15) is 13.2 Å². The van der Waals surface area contributed by atoms with Crippen molar-refractivity contribution >= 4 is 54.4 Å². The number of benzene rings is 2. The molecule has 198 valence electrons. The van der Waals surface area contributed by atoms with Crippen molar-refractivity contribution in [1.82, 2.24) is 9.29 Å². The molecule has 3 aromatic rings. The summed E-state index contributed by atoms with van der Waals surface area (Å²) in [5, 5.41) is 0.627. The summed E-state index contributed by atoms with van der Waals surface area (Å²) < 4.78 is 34.9. The average molecular weight is 560 g/mol. The second-order valence-corrected chi connectivity index (χ2v) is 13.6. The van der Waals surface area contributed by atoms with Gasteiger partial charge in [-0.2, -0.15) is 4.31 Å². The molecule has 0 N–H and O–H groups in total. The van der Waals surface area contributed by atoms with E-state index >= 15 is 0 Å². The minimum atomic E-state index is -3.62. The standard InChI is InChI=1S/C27H33N3O4S3/c1-29(20-7-4-3-5-8-20)37(32,33)23-13-10-19(11-14-23)26(31)30(18-21-9-6-16-34-21)27-28-24-15-12-22(35-2)17-25(24)36-27/h10-15,17,20-21H,3-9,16,18H2,1-2H3. The van der Waals surface area contributed by atoms with Gasteiger partial charge in [-0.3, -0.25) is 9.69 Å². The van der Waals surface area contributed by atoms with Crippen LogP contribution in [0.4, 0.5) is 5.13 Å². The molecule has 1 aromatic heterocycles. The van der Waals surface area contributed by atoms with E-state index in [-0.39, 0.29) is 22.9 Å². The first-order chi connectivity index (χ1) is 17.9. The normalized spacial score (nSPS) is 19.1. The zero-order valence-corrected chi connectivity index (χ0v) is 23.7. The zero-order valence-electron chi connectivity index (χ0n) is 21.3. The highest BCUT2D eigenvalue weighted by atomic mass is 32.2. The van der Waals surface area contributed by atoms with Crippen molar-refractivity contribution < 1.29 is 17.9 Å². The van der Waals surface area contributed by atoms with Crippen LogP contribution in [0.1, 0.15) is 55.3 Å². The van der Waals surface area contributed by atoms with Gasteiger partial charge in [-0.25, -0.2) is 13.4 Å². The molecule has 1 atom stereocenters. The first kappa shape index (κ1) is 26.6. The fourth-order valence-corrected chi connectivity index (χ4v) is 8.05. The lowest BCUT2D eigenvalue weighted by Crippen LogP contribution is -2.38. The average Bonchev–Trinajstić information content (AvgIpc) is 3.60. The van der Waals surface area contributed by atoms with Gasteiger partial charge < -0.3 is 4.74 Å². The van der Waals surface area contributed by atoms with Gasteiger partial charge in [0, 0.05) is 30.2 Å². The van der Waals surface area contributed by atoms with Crippen molar-refractivity contribution in [3.8, 4) is 0 Å². The molecule has 1 aliphatic heterocycles. The Morgan fingerprint density at radius 3 is 2.51 bits per heavy atom. The third-order valence-electron chi connectivity index (χ3n) is 7.34. The Morgan fingerprint density at radius 2 is 1.84 bits per heavy atom. The van der Waals surface area contributed by atoms with E-state index in [0.29, 0.717) is 23.8 Å².